The van der Waals surface area contributed by atoms with E-state index >= 15 is 0 Å². The highest BCUT2D eigenvalue weighted by atomic mass is 32.2. The molecule has 1 aromatic rings. The predicted molar refractivity (Wildman–Crippen MR) is 59.4 cm³/mol. The quantitative estimate of drug-likeness (QED) is 0.663. The van der Waals surface area contributed by atoms with E-state index in [0.717, 1.165) is 25.9 Å². The van der Waals surface area contributed by atoms with Gasteiger partial charge in [0.05, 0.1) is 12.5 Å². The second-order valence-electron chi connectivity index (χ2n) is 3.96. The lowest BCUT2D eigenvalue weighted by molar-refractivity contribution is 0.518. The number of sulfonamides is 1. The van der Waals surface area contributed by atoms with Gasteiger partial charge in [-0.2, -0.15) is 0 Å². The van der Waals surface area contributed by atoms with E-state index < -0.39 is 10.0 Å². The number of H-pyrrole nitrogens is 1. The monoisotopic (exact) mass is 244 g/mol. The second-order valence-corrected chi connectivity index (χ2v) is 5.70. The van der Waals surface area contributed by atoms with Crippen LogP contribution in [0.2, 0.25) is 0 Å². The summed E-state index contributed by atoms with van der Waals surface area (Å²) in [6.07, 6.45) is 4.67. The van der Waals surface area contributed by atoms with Crippen molar-refractivity contribution in [2.75, 3.05) is 19.6 Å². The van der Waals surface area contributed by atoms with Crippen LogP contribution >= 0.6 is 0 Å². The first-order valence-corrected chi connectivity index (χ1v) is 6.85. The molecule has 0 amide bonds. The zero-order chi connectivity index (χ0) is 11.4. The Hall–Kier alpha value is -0.920. The Morgan fingerprint density at radius 3 is 3.06 bits per heavy atom. The molecule has 2 rings (SSSR count). The zero-order valence-electron chi connectivity index (χ0n) is 8.94. The van der Waals surface area contributed by atoms with Gasteiger partial charge in [0.2, 0.25) is 0 Å². The van der Waals surface area contributed by atoms with Crippen LogP contribution in [-0.2, 0) is 10.0 Å². The fraction of sp³-hybridized carbons (Fsp3) is 0.667. The summed E-state index contributed by atoms with van der Waals surface area (Å²) in [7, 11) is -3.40. The van der Waals surface area contributed by atoms with Gasteiger partial charge in [0, 0.05) is 6.54 Å². The SMILES string of the molecule is O=S(=O)(NCCC1CCNC1)c1cnc[nH]1. The number of nitrogens with one attached hydrogen (secondary N) is 3. The third-order valence-corrected chi connectivity index (χ3v) is 4.16. The van der Waals surface area contributed by atoms with Crippen LogP contribution in [0.4, 0.5) is 0 Å². The van der Waals surface area contributed by atoms with Crippen LogP contribution in [0, 0.1) is 5.92 Å². The third-order valence-electron chi connectivity index (χ3n) is 2.77. The molecule has 1 aromatic heterocycles. The molecule has 1 aliphatic rings. The summed E-state index contributed by atoms with van der Waals surface area (Å²) in [6, 6.07) is 0. The fourth-order valence-electron chi connectivity index (χ4n) is 1.83. The second kappa shape index (κ2) is 4.94. The summed E-state index contributed by atoms with van der Waals surface area (Å²) in [5.41, 5.74) is 0. The summed E-state index contributed by atoms with van der Waals surface area (Å²) in [5.74, 6) is 0.587. The lowest BCUT2D eigenvalue weighted by Gasteiger charge is -2.08. The van der Waals surface area contributed by atoms with E-state index in [2.05, 4.69) is 20.0 Å². The molecule has 1 atom stereocenters. The third kappa shape index (κ3) is 2.81. The summed E-state index contributed by atoms with van der Waals surface area (Å²) in [5, 5.41) is 3.38. The van der Waals surface area contributed by atoms with Gasteiger partial charge >= 0.3 is 0 Å². The maximum atomic E-state index is 11.7. The van der Waals surface area contributed by atoms with Crippen LogP contribution in [0.5, 0.6) is 0 Å². The number of hydrogen-bond acceptors (Lipinski definition) is 4. The molecule has 0 radical (unpaired) electrons. The van der Waals surface area contributed by atoms with Gasteiger partial charge in [-0.3, -0.25) is 0 Å². The molecule has 2 heterocycles. The minimum atomic E-state index is -3.40. The van der Waals surface area contributed by atoms with Crippen molar-refractivity contribution in [2.24, 2.45) is 5.92 Å². The Labute approximate surface area is 94.9 Å². The van der Waals surface area contributed by atoms with Crippen LogP contribution in [0.1, 0.15) is 12.8 Å². The minimum Gasteiger partial charge on any atom is -0.335 e. The molecule has 3 N–H and O–H groups in total. The van der Waals surface area contributed by atoms with Gasteiger partial charge < -0.3 is 10.3 Å². The van der Waals surface area contributed by atoms with Crippen LogP contribution < -0.4 is 10.0 Å². The average Bonchev–Trinajstić information content (AvgIpc) is 2.90. The fourth-order valence-corrected chi connectivity index (χ4v) is 2.78. The van der Waals surface area contributed by atoms with Crippen LogP contribution in [0.3, 0.4) is 0 Å². The Bertz CT molecular complexity index is 409. The minimum absolute atomic E-state index is 0.122. The first-order valence-electron chi connectivity index (χ1n) is 5.37. The van der Waals surface area contributed by atoms with Crippen LogP contribution in [0.15, 0.2) is 17.6 Å². The molecule has 6 nitrogen and oxygen atoms in total. The molecule has 1 saturated heterocycles. The molecule has 0 aromatic carbocycles. The lowest BCUT2D eigenvalue weighted by atomic mass is 10.1. The number of aromatic amines is 1. The smallest absolute Gasteiger partial charge is 0.257 e. The van der Waals surface area contributed by atoms with Gasteiger partial charge in [-0.05, 0) is 31.8 Å². The van der Waals surface area contributed by atoms with Crippen LogP contribution in [0.25, 0.3) is 0 Å². The molecule has 0 bridgehead atoms. The highest BCUT2D eigenvalue weighted by Crippen LogP contribution is 2.11. The Morgan fingerprint density at radius 1 is 1.56 bits per heavy atom. The van der Waals surface area contributed by atoms with Crippen molar-refractivity contribution < 1.29 is 8.42 Å². The number of hydrogen-bond donors (Lipinski definition) is 3. The molecular formula is C9H16N4O2S. The number of nitrogens with zero attached hydrogens (tertiary/aromatic N) is 1. The van der Waals surface area contributed by atoms with Crippen molar-refractivity contribution in [3.8, 4) is 0 Å². The molecule has 0 saturated carbocycles. The van der Waals surface area contributed by atoms with Gasteiger partial charge in [0.25, 0.3) is 10.0 Å². The number of aromatic nitrogens is 2. The van der Waals surface area contributed by atoms with E-state index in [-0.39, 0.29) is 5.03 Å². The number of rotatable bonds is 5. The highest BCUT2D eigenvalue weighted by Gasteiger charge is 2.17. The Kier molecular flexibility index (Phi) is 3.57. The summed E-state index contributed by atoms with van der Waals surface area (Å²) < 4.78 is 25.9. The largest absolute Gasteiger partial charge is 0.335 e. The van der Waals surface area contributed by atoms with Gasteiger partial charge in [-0.15, -0.1) is 0 Å². The average molecular weight is 244 g/mol. The Morgan fingerprint density at radius 2 is 2.44 bits per heavy atom. The summed E-state index contributed by atoms with van der Waals surface area (Å²) in [6.45, 7) is 2.51. The molecule has 16 heavy (non-hydrogen) atoms. The Balaban J connectivity index is 1.81. The van der Waals surface area contributed by atoms with E-state index in [1.54, 1.807) is 0 Å². The van der Waals surface area contributed by atoms with Crippen molar-refractivity contribution in [1.82, 2.24) is 20.0 Å². The van der Waals surface area contributed by atoms with Crippen molar-refractivity contribution in [3.63, 3.8) is 0 Å². The topological polar surface area (TPSA) is 86.9 Å². The zero-order valence-corrected chi connectivity index (χ0v) is 9.76. The van der Waals surface area contributed by atoms with E-state index in [1.807, 2.05) is 0 Å². The predicted octanol–water partition coefficient (Wildman–Crippen LogP) is -0.312. The van der Waals surface area contributed by atoms with Crippen LogP contribution in [-0.4, -0.2) is 38.0 Å². The summed E-state index contributed by atoms with van der Waals surface area (Å²) >= 11 is 0. The molecule has 1 unspecified atom stereocenters. The molecule has 0 spiro atoms. The standard InChI is InChI=1S/C9H16N4O2S/c14-16(15,9-6-11-7-12-9)13-4-2-8-1-3-10-5-8/h6-8,10,13H,1-5H2,(H,11,12). The first-order chi connectivity index (χ1) is 7.68. The highest BCUT2D eigenvalue weighted by molar-refractivity contribution is 7.89. The van der Waals surface area contributed by atoms with Crippen molar-refractivity contribution in [1.29, 1.82) is 0 Å². The molecule has 0 aliphatic carbocycles. The lowest BCUT2D eigenvalue weighted by Crippen LogP contribution is -2.26. The van der Waals surface area contributed by atoms with Gasteiger partial charge in [-0.25, -0.2) is 18.1 Å². The van der Waals surface area contributed by atoms with Gasteiger partial charge in [-0.1, -0.05) is 0 Å². The first kappa shape index (κ1) is 11.6. The van der Waals surface area contributed by atoms with Crippen molar-refractivity contribution in [2.45, 2.75) is 17.9 Å². The van der Waals surface area contributed by atoms with Gasteiger partial charge in [0.15, 0.2) is 5.03 Å². The van der Waals surface area contributed by atoms with E-state index in [0.29, 0.717) is 12.5 Å². The maximum absolute atomic E-state index is 11.7. The van der Waals surface area contributed by atoms with Gasteiger partial charge in [0.1, 0.15) is 0 Å². The molecule has 1 fully saturated rings. The van der Waals surface area contributed by atoms with E-state index in [9.17, 15) is 8.42 Å². The van der Waals surface area contributed by atoms with Crippen molar-refractivity contribution in [3.05, 3.63) is 12.5 Å². The molecular weight excluding hydrogens is 228 g/mol. The molecule has 1 aliphatic heterocycles. The maximum Gasteiger partial charge on any atom is 0.257 e. The van der Waals surface area contributed by atoms with E-state index in [1.165, 1.54) is 12.5 Å². The molecule has 90 valence electrons. The summed E-state index contributed by atoms with van der Waals surface area (Å²) in [4.78, 5) is 6.27. The molecule has 7 heteroatoms. The van der Waals surface area contributed by atoms with Crippen molar-refractivity contribution >= 4 is 10.0 Å². The number of imidazole rings is 1. The van der Waals surface area contributed by atoms with E-state index in [4.69, 9.17) is 0 Å². The normalized spacial score (nSPS) is 21.4.